The summed E-state index contributed by atoms with van der Waals surface area (Å²) in [7, 11) is 0. The monoisotopic (exact) mass is 258 g/mol. The highest BCUT2D eigenvalue weighted by Crippen LogP contribution is 2.29. The first-order chi connectivity index (χ1) is 8.34. The van der Waals surface area contributed by atoms with Gasteiger partial charge in [0.15, 0.2) is 0 Å². The molecular weight excluding hydrogens is 241 g/mol. The Morgan fingerprint density at radius 3 is 2.22 bits per heavy atom. The van der Waals surface area contributed by atoms with Crippen LogP contribution in [-0.2, 0) is 12.7 Å². The lowest BCUT2D eigenvalue weighted by Gasteiger charge is -2.11. The molecule has 0 aliphatic rings. The van der Waals surface area contributed by atoms with Crippen LogP contribution in [0.4, 0.5) is 13.2 Å². The van der Waals surface area contributed by atoms with Crippen LogP contribution in [0.15, 0.2) is 35.7 Å². The van der Waals surface area contributed by atoms with Crippen molar-refractivity contribution in [2.45, 2.75) is 33.0 Å². The standard InChI is InChI=1S/C13H17F3N2/c1-3-12(17)9(2)18-8-10-4-6-11(7-5-10)13(14,15)16/h4-7,18H,3,8,17H2,1-2H3/b12-9-. The van der Waals surface area contributed by atoms with Gasteiger partial charge in [-0.3, -0.25) is 0 Å². The van der Waals surface area contributed by atoms with Crippen molar-refractivity contribution in [1.29, 1.82) is 0 Å². The lowest BCUT2D eigenvalue weighted by molar-refractivity contribution is -0.137. The van der Waals surface area contributed by atoms with E-state index in [2.05, 4.69) is 5.32 Å². The molecule has 0 spiro atoms. The number of nitrogens with two attached hydrogens (primary N) is 1. The minimum atomic E-state index is -4.28. The van der Waals surface area contributed by atoms with Gasteiger partial charge in [0.1, 0.15) is 0 Å². The van der Waals surface area contributed by atoms with Crippen LogP contribution in [0.3, 0.4) is 0 Å². The van der Waals surface area contributed by atoms with Gasteiger partial charge in [-0.1, -0.05) is 19.1 Å². The molecule has 0 aromatic heterocycles. The van der Waals surface area contributed by atoms with E-state index < -0.39 is 11.7 Å². The molecule has 0 saturated heterocycles. The van der Waals surface area contributed by atoms with Crippen molar-refractivity contribution in [3.63, 3.8) is 0 Å². The molecule has 0 fully saturated rings. The average Bonchev–Trinajstić information content (AvgIpc) is 2.34. The summed E-state index contributed by atoms with van der Waals surface area (Å²) in [6.07, 6.45) is -3.54. The van der Waals surface area contributed by atoms with Crippen molar-refractivity contribution in [1.82, 2.24) is 5.32 Å². The topological polar surface area (TPSA) is 38.0 Å². The zero-order valence-electron chi connectivity index (χ0n) is 10.4. The van der Waals surface area contributed by atoms with Gasteiger partial charge in [0.05, 0.1) is 5.56 Å². The van der Waals surface area contributed by atoms with Crippen molar-refractivity contribution in [3.05, 3.63) is 46.8 Å². The normalized spacial score (nSPS) is 13.2. The van der Waals surface area contributed by atoms with Gasteiger partial charge in [-0.05, 0) is 31.0 Å². The van der Waals surface area contributed by atoms with Crippen LogP contribution in [0.1, 0.15) is 31.4 Å². The third-order valence-corrected chi connectivity index (χ3v) is 2.70. The van der Waals surface area contributed by atoms with E-state index in [4.69, 9.17) is 5.73 Å². The van der Waals surface area contributed by atoms with Gasteiger partial charge in [0.25, 0.3) is 0 Å². The predicted molar refractivity (Wildman–Crippen MR) is 65.5 cm³/mol. The van der Waals surface area contributed by atoms with Crippen LogP contribution in [0.5, 0.6) is 0 Å². The maximum atomic E-state index is 12.3. The summed E-state index contributed by atoms with van der Waals surface area (Å²) in [5.41, 5.74) is 7.49. The fourth-order valence-electron chi connectivity index (χ4n) is 1.42. The SMILES string of the molecule is CC/C(N)=C(\C)NCc1ccc(C(F)(F)F)cc1. The van der Waals surface area contributed by atoms with E-state index >= 15 is 0 Å². The van der Waals surface area contributed by atoms with E-state index in [1.54, 1.807) is 0 Å². The molecule has 0 saturated carbocycles. The van der Waals surface area contributed by atoms with Crippen molar-refractivity contribution in [2.24, 2.45) is 5.73 Å². The van der Waals surface area contributed by atoms with Crippen molar-refractivity contribution in [2.75, 3.05) is 0 Å². The first-order valence-corrected chi connectivity index (χ1v) is 5.69. The van der Waals surface area contributed by atoms with Crippen LogP contribution in [0, 0.1) is 0 Å². The van der Waals surface area contributed by atoms with Crippen LogP contribution in [0.2, 0.25) is 0 Å². The summed E-state index contributed by atoms with van der Waals surface area (Å²) in [6.45, 7) is 4.26. The highest BCUT2D eigenvalue weighted by atomic mass is 19.4. The van der Waals surface area contributed by atoms with Gasteiger partial charge in [-0.15, -0.1) is 0 Å². The van der Waals surface area contributed by atoms with Crippen molar-refractivity contribution >= 4 is 0 Å². The molecule has 0 amide bonds. The van der Waals surface area contributed by atoms with Gasteiger partial charge >= 0.3 is 6.18 Å². The number of benzene rings is 1. The molecule has 1 rings (SSSR count). The van der Waals surface area contributed by atoms with E-state index in [0.29, 0.717) is 6.54 Å². The lowest BCUT2D eigenvalue weighted by atomic mass is 10.1. The first kappa shape index (κ1) is 14.4. The average molecular weight is 258 g/mol. The van der Waals surface area contributed by atoms with Crippen molar-refractivity contribution < 1.29 is 13.2 Å². The minimum Gasteiger partial charge on any atom is -0.401 e. The Morgan fingerprint density at radius 1 is 1.22 bits per heavy atom. The summed E-state index contributed by atoms with van der Waals surface area (Å²) in [5, 5.41) is 3.08. The Morgan fingerprint density at radius 2 is 1.78 bits per heavy atom. The van der Waals surface area contributed by atoms with E-state index in [-0.39, 0.29) is 0 Å². The number of allylic oxidation sites excluding steroid dienone is 2. The number of rotatable bonds is 4. The van der Waals surface area contributed by atoms with Crippen LogP contribution >= 0.6 is 0 Å². The second-order valence-electron chi connectivity index (χ2n) is 4.05. The highest BCUT2D eigenvalue weighted by Gasteiger charge is 2.29. The predicted octanol–water partition coefficient (Wildman–Crippen LogP) is 3.40. The molecule has 1 aromatic carbocycles. The number of halogens is 3. The number of nitrogens with one attached hydrogen (secondary N) is 1. The minimum absolute atomic E-state index is 0.463. The van der Waals surface area contributed by atoms with Crippen LogP contribution in [-0.4, -0.2) is 0 Å². The second kappa shape index (κ2) is 5.80. The smallest absolute Gasteiger partial charge is 0.401 e. The third kappa shape index (κ3) is 3.98. The van der Waals surface area contributed by atoms with Gasteiger partial charge < -0.3 is 11.1 Å². The molecule has 0 bridgehead atoms. The van der Waals surface area contributed by atoms with Crippen LogP contribution in [0.25, 0.3) is 0 Å². The molecule has 0 unspecified atom stereocenters. The maximum absolute atomic E-state index is 12.3. The molecule has 18 heavy (non-hydrogen) atoms. The van der Waals surface area contributed by atoms with Crippen molar-refractivity contribution in [3.8, 4) is 0 Å². The third-order valence-electron chi connectivity index (χ3n) is 2.70. The Hall–Kier alpha value is -1.65. The maximum Gasteiger partial charge on any atom is 0.416 e. The molecule has 0 radical (unpaired) electrons. The zero-order chi connectivity index (χ0) is 13.8. The Bertz CT molecular complexity index is 419. The summed E-state index contributed by atoms with van der Waals surface area (Å²) >= 11 is 0. The first-order valence-electron chi connectivity index (χ1n) is 5.69. The fourth-order valence-corrected chi connectivity index (χ4v) is 1.42. The summed E-state index contributed by atoms with van der Waals surface area (Å²) in [4.78, 5) is 0. The van der Waals surface area contributed by atoms with Crippen LogP contribution < -0.4 is 11.1 Å². The quantitative estimate of drug-likeness (QED) is 0.868. The Balaban J connectivity index is 2.66. The van der Waals surface area contributed by atoms with Gasteiger partial charge in [0, 0.05) is 17.9 Å². The molecule has 100 valence electrons. The molecule has 2 nitrogen and oxygen atoms in total. The zero-order valence-corrected chi connectivity index (χ0v) is 10.4. The molecule has 0 aliphatic heterocycles. The van der Waals surface area contributed by atoms with Gasteiger partial charge in [0.2, 0.25) is 0 Å². The van der Waals surface area contributed by atoms with Gasteiger partial charge in [-0.2, -0.15) is 13.2 Å². The van der Waals surface area contributed by atoms with E-state index in [9.17, 15) is 13.2 Å². The summed E-state index contributed by atoms with van der Waals surface area (Å²) in [5.74, 6) is 0. The largest absolute Gasteiger partial charge is 0.416 e. The number of alkyl halides is 3. The Kier molecular flexibility index (Phi) is 4.64. The fraction of sp³-hybridized carbons (Fsp3) is 0.385. The molecule has 0 heterocycles. The lowest BCUT2D eigenvalue weighted by Crippen LogP contribution is -2.16. The highest BCUT2D eigenvalue weighted by molar-refractivity contribution is 5.25. The molecule has 5 heteroatoms. The number of hydrogen-bond acceptors (Lipinski definition) is 2. The van der Waals surface area contributed by atoms with E-state index in [1.807, 2.05) is 13.8 Å². The van der Waals surface area contributed by atoms with E-state index in [0.717, 1.165) is 35.5 Å². The molecule has 3 N–H and O–H groups in total. The molecule has 0 aliphatic carbocycles. The Labute approximate surface area is 105 Å². The number of hydrogen-bond donors (Lipinski definition) is 2. The summed E-state index contributed by atoms with van der Waals surface area (Å²) < 4.78 is 37.0. The molecular formula is C13H17F3N2. The van der Waals surface area contributed by atoms with Gasteiger partial charge in [-0.25, -0.2) is 0 Å². The molecule has 1 aromatic rings. The molecule has 0 atom stereocenters. The second-order valence-corrected chi connectivity index (χ2v) is 4.05. The van der Waals surface area contributed by atoms with E-state index in [1.165, 1.54) is 12.1 Å². The summed E-state index contributed by atoms with van der Waals surface area (Å²) in [6, 6.07) is 5.09.